The van der Waals surface area contributed by atoms with Crippen LogP contribution >= 0.6 is 0 Å². The van der Waals surface area contributed by atoms with Gasteiger partial charge in [-0.1, -0.05) is 12.1 Å². The van der Waals surface area contributed by atoms with E-state index in [2.05, 4.69) is 9.97 Å². The Morgan fingerprint density at radius 1 is 1.32 bits per heavy atom. The Kier molecular flexibility index (Phi) is 4.00. The molecule has 6 heteroatoms. The fourth-order valence-electron chi connectivity index (χ4n) is 2.84. The molecule has 0 spiro atoms. The maximum absolute atomic E-state index is 13.8. The number of aromatic nitrogens is 2. The van der Waals surface area contributed by atoms with E-state index in [9.17, 15) is 14.0 Å². The molecule has 114 valence electrons. The zero-order valence-corrected chi connectivity index (χ0v) is 12.0. The average Bonchev–Trinajstić information content (AvgIpc) is 2.55. The van der Waals surface area contributed by atoms with Crippen LogP contribution in [-0.4, -0.2) is 33.9 Å². The first-order chi connectivity index (χ1) is 10.6. The van der Waals surface area contributed by atoms with E-state index in [0.29, 0.717) is 13.1 Å². The van der Waals surface area contributed by atoms with Gasteiger partial charge in [0.1, 0.15) is 5.82 Å². The molecule has 1 aliphatic heterocycles. The van der Waals surface area contributed by atoms with Crippen molar-refractivity contribution in [1.29, 1.82) is 0 Å². The topological polar surface area (TPSA) is 66.1 Å². The number of carbonyl (C=O) groups is 1. The third-order valence-electron chi connectivity index (χ3n) is 3.95. The number of piperidine rings is 1. The van der Waals surface area contributed by atoms with E-state index in [-0.39, 0.29) is 17.4 Å². The lowest BCUT2D eigenvalue weighted by molar-refractivity contribution is 0.0701. The summed E-state index contributed by atoms with van der Waals surface area (Å²) < 4.78 is 13.8. The first kappa shape index (κ1) is 14.4. The summed E-state index contributed by atoms with van der Waals surface area (Å²) in [6, 6.07) is 7.75. The Morgan fingerprint density at radius 2 is 2.14 bits per heavy atom. The highest BCUT2D eigenvalue weighted by atomic mass is 19.1. The van der Waals surface area contributed by atoms with Gasteiger partial charge >= 0.3 is 5.69 Å². The quantitative estimate of drug-likeness (QED) is 0.921. The van der Waals surface area contributed by atoms with E-state index in [1.54, 1.807) is 23.1 Å². The van der Waals surface area contributed by atoms with E-state index in [1.807, 2.05) is 0 Å². The monoisotopic (exact) mass is 301 g/mol. The van der Waals surface area contributed by atoms with Crippen LogP contribution in [0.4, 0.5) is 4.39 Å². The summed E-state index contributed by atoms with van der Waals surface area (Å²) in [5.74, 6) is -0.772. The second kappa shape index (κ2) is 6.09. The normalized spacial score (nSPS) is 18.2. The number of aromatic amines is 1. The van der Waals surface area contributed by atoms with Gasteiger partial charge in [0.2, 0.25) is 0 Å². The Labute approximate surface area is 126 Å². The van der Waals surface area contributed by atoms with Crippen molar-refractivity contribution in [2.45, 2.75) is 18.8 Å². The number of hydrogen-bond acceptors (Lipinski definition) is 3. The molecule has 0 radical (unpaired) electrons. The Hall–Kier alpha value is -2.50. The van der Waals surface area contributed by atoms with Crippen molar-refractivity contribution in [3.8, 4) is 0 Å². The number of nitrogens with one attached hydrogen (secondary N) is 1. The van der Waals surface area contributed by atoms with Crippen LogP contribution in [0.15, 0.2) is 41.3 Å². The smallest absolute Gasteiger partial charge is 0.338 e. The largest absolute Gasteiger partial charge is 0.345 e. The molecule has 2 aromatic rings. The molecule has 1 fully saturated rings. The molecule has 3 rings (SSSR count). The van der Waals surface area contributed by atoms with Gasteiger partial charge in [-0.15, -0.1) is 0 Å². The first-order valence-corrected chi connectivity index (χ1v) is 7.24. The van der Waals surface area contributed by atoms with Crippen LogP contribution in [0.25, 0.3) is 0 Å². The number of rotatable bonds is 2. The SMILES string of the molecule is O=C(c1ccccc1F)N1CCC[C@@H](c2ccnc(=O)[nH]2)C1. The van der Waals surface area contributed by atoms with Gasteiger partial charge in [-0.25, -0.2) is 14.2 Å². The van der Waals surface area contributed by atoms with E-state index < -0.39 is 11.5 Å². The Morgan fingerprint density at radius 3 is 2.91 bits per heavy atom. The maximum atomic E-state index is 13.8. The number of amides is 1. The van der Waals surface area contributed by atoms with Crippen LogP contribution in [0.1, 0.15) is 34.8 Å². The molecule has 1 N–H and O–H groups in total. The lowest BCUT2D eigenvalue weighted by Crippen LogP contribution is -2.40. The predicted octanol–water partition coefficient (Wildman–Crippen LogP) is 1.93. The summed E-state index contributed by atoms with van der Waals surface area (Å²) in [5.41, 5.74) is 0.465. The lowest BCUT2D eigenvalue weighted by Gasteiger charge is -2.32. The second-order valence-corrected chi connectivity index (χ2v) is 5.40. The van der Waals surface area contributed by atoms with Crippen LogP contribution in [0.3, 0.4) is 0 Å². The minimum atomic E-state index is -0.507. The summed E-state index contributed by atoms with van der Waals surface area (Å²) in [6.07, 6.45) is 3.15. The summed E-state index contributed by atoms with van der Waals surface area (Å²) in [6.45, 7) is 1.06. The molecular formula is C16H16FN3O2. The zero-order chi connectivity index (χ0) is 15.5. The molecule has 0 unspecified atom stereocenters. The first-order valence-electron chi connectivity index (χ1n) is 7.24. The van der Waals surface area contributed by atoms with Crippen molar-refractivity contribution in [3.05, 3.63) is 64.1 Å². The van der Waals surface area contributed by atoms with Crippen LogP contribution < -0.4 is 5.69 Å². The summed E-state index contributed by atoms with van der Waals surface area (Å²) in [7, 11) is 0. The fraction of sp³-hybridized carbons (Fsp3) is 0.312. The van der Waals surface area contributed by atoms with Gasteiger partial charge in [0.15, 0.2) is 0 Å². The molecule has 2 heterocycles. The predicted molar refractivity (Wildman–Crippen MR) is 79.1 cm³/mol. The summed E-state index contributed by atoms with van der Waals surface area (Å²) in [4.78, 5) is 31.7. The number of halogens is 1. The van der Waals surface area contributed by atoms with Gasteiger partial charge in [-0.05, 0) is 31.0 Å². The molecule has 0 bridgehead atoms. The van der Waals surface area contributed by atoms with Gasteiger partial charge in [0.05, 0.1) is 5.56 Å². The van der Waals surface area contributed by atoms with Crippen LogP contribution in [0.2, 0.25) is 0 Å². The van der Waals surface area contributed by atoms with Gasteiger partial charge in [-0.2, -0.15) is 0 Å². The molecule has 1 aromatic heterocycles. The molecule has 1 amide bonds. The van der Waals surface area contributed by atoms with Crippen LogP contribution in [0.5, 0.6) is 0 Å². The number of nitrogens with zero attached hydrogens (tertiary/aromatic N) is 2. The molecule has 0 saturated carbocycles. The summed E-state index contributed by atoms with van der Waals surface area (Å²) >= 11 is 0. The molecule has 1 atom stereocenters. The van der Waals surface area contributed by atoms with Crippen molar-refractivity contribution in [2.24, 2.45) is 0 Å². The molecule has 1 aromatic carbocycles. The third-order valence-corrected chi connectivity index (χ3v) is 3.95. The highest BCUT2D eigenvalue weighted by molar-refractivity contribution is 5.94. The number of likely N-dealkylation sites (tertiary alicyclic amines) is 1. The van der Waals surface area contributed by atoms with Crippen molar-refractivity contribution in [2.75, 3.05) is 13.1 Å². The average molecular weight is 301 g/mol. The fourth-order valence-corrected chi connectivity index (χ4v) is 2.84. The number of H-pyrrole nitrogens is 1. The van der Waals surface area contributed by atoms with E-state index in [1.165, 1.54) is 18.3 Å². The molecule has 1 aliphatic rings. The van der Waals surface area contributed by atoms with Gasteiger partial charge in [0, 0.05) is 30.9 Å². The Bertz CT molecular complexity index is 744. The minimum absolute atomic E-state index is 0.0418. The highest BCUT2D eigenvalue weighted by Gasteiger charge is 2.27. The van der Waals surface area contributed by atoms with Crippen LogP contribution in [-0.2, 0) is 0 Å². The van der Waals surface area contributed by atoms with E-state index in [0.717, 1.165) is 18.5 Å². The summed E-state index contributed by atoms with van der Waals surface area (Å²) in [5, 5.41) is 0. The third kappa shape index (κ3) is 2.90. The number of benzene rings is 1. The minimum Gasteiger partial charge on any atom is -0.338 e. The van der Waals surface area contributed by atoms with Gasteiger partial charge < -0.3 is 9.88 Å². The lowest BCUT2D eigenvalue weighted by atomic mass is 9.94. The Balaban J connectivity index is 1.80. The van der Waals surface area contributed by atoms with E-state index >= 15 is 0 Å². The molecule has 22 heavy (non-hydrogen) atoms. The van der Waals surface area contributed by atoms with Gasteiger partial charge in [0.25, 0.3) is 5.91 Å². The molecule has 1 saturated heterocycles. The molecular weight excluding hydrogens is 285 g/mol. The standard InChI is InChI=1S/C16H16FN3O2/c17-13-6-2-1-5-12(13)15(21)20-9-3-4-11(10-20)14-7-8-18-16(22)19-14/h1-2,5-8,11H,3-4,9-10H2,(H,18,19,22)/t11-/m1/s1. The highest BCUT2D eigenvalue weighted by Crippen LogP contribution is 2.26. The van der Waals surface area contributed by atoms with Gasteiger partial charge in [-0.3, -0.25) is 4.79 Å². The maximum Gasteiger partial charge on any atom is 0.345 e. The van der Waals surface area contributed by atoms with Crippen molar-refractivity contribution < 1.29 is 9.18 Å². The van der Waals surface area contributed by atoms with Crippen molar-refractivity contribution in [3.63, 3.8) is 0 Å². The van der Waals surface area contributed by atoms with E-state index in [4.69, 9.17) is 0 Å². The van der Waals surface area contributed by atoms with Crippen molar-refractivity contribution in [1.82, 2.24) is 14.9 Å². The second-order valence-electron chi connectivity index (χ2n) is 5.40. The zero-order valence-electron chi connectivity index (χ0n) is 12.0. The molecule has 0 aliphatic carbocycles. The molecule has 5 nitrogen and oxygen atoms in total. The number of carbonyl (C=O) groups excluding carboxylic acids is 1. The van der Waals surface area contributed by atoms with Crippen LogP contribution in [0, 0.1) is 5.82 Å². The number of hydrogen-bond donors (Lipinski definition) is 1. The van der Waals surface area contributed by atoms with Crippen molar-refractivity contribution >= 4 is 5.91 Å².